The average Bonchev–Trinajstić information content (AvgIpc) is 2.49. The molecule has 21 heavy (non-hydrogen) atoms. The third kappa shape index (κ3) is 4.14. The summed E-state index contributed by atoms with van der Waals surface area (Å²) in [5.74, 6) is 0.794. The van der Waals surface area contributed by atoms with Crippen LogP contribution in [0.3, 0.4) is 0 Å². The predicted octanol–water partition coefficient (Wildman–Crippen LogP) is 3.19. The number of nitrogens with zero attached hydrogens (tertiary/aromatic N) is 3. The third-order valence-electron chi connectivity index (χ3n) is 2.81. The first kappa shape index (κ1) is 14.7. The molecule has 2 aromatic rings. The number of alkyl halides is 2. The van der Waals surface area contributed by atoms with E-state index in [1.165, 1.54) is 12.1 Å². The zero-order valence-corrected chi connectivity index (χ0v) is 11.3. The second kappa shape index (κ2) is 6.66. The van der Waals surface area contributed by atoms with Crippen molar-refractivity contribution >= 4 is 5.82 Å². The molecule has 1 aromatic heterocycles. The summed E-state index contributed by atoms with van der Waals surface area (Å²) in [6, 6.07) is 13.6. The number of benzene rings is 1. The molecule has 0 saturated carbocycles. The molecule has 0 unspecified atom stereocenters. The summed E-state index contributed by atoms with van der Waals surface area (Å²) in [6.07, 6.45) is 0. The van der Waals surface area contributed by atoms with Crippen LogP contribution in [0.25, 0.3) is 0 Å². The Labute approximate surface area is 121 Å². The van der Waals surface area contributed by atoms with Crippen LogP contribution in [0.5, 0.6) is 5.75 Å². The van der Waals surface area contributed by atoms with Gasteiger partial charge >= 0.3 is 6.61 Å². The van der Waals surface area contributed by atoms with Gasteiger partial charge in [-0.1, -0.05) is 18.2 Å². The van der Waals surface area contributed by atoms with Crippen molar-refractivity contribution in [3.8, 4) is 11.8 Å². The SMILES string of the molecule is CN(Cc1ccc(OC(F)F)cc1)c1cccc(C#N)n1. The topological polar surface area (TPSA) is 49.1 Å². The summed E-state index contributed by atoms with van der Waals surface area (Å²) < 4.78 is 28.4. The van der Waals surface area contributed by atoms with Crippen molar-refractivity contribution in [2.45, 2.75) is 13.2 Å². The van der Waals surface area contributed by atoms with Crippen molar-refractivity contribution < 1.29 is 13.5 Å². The Hall–Kier alpha value is -2.68. The van der Waals surface area contributed by atoms with E-state index in [1.54, 1.807) is 30.3 Å². The fourth-order valence-electron chi connectivity index (χ4n) is 1.83. The lowest BCUT2D eigenvalue weighted by atomic mass is 10.2. The number of nitriles is 1. The number of aromatic nitrogens is 1. The molecular formula is C15H13F2N3O. The quantitative estimate of drug-likeness (QED) is 0.848. The summed E-state index contributed by atoms with van der Waals surface area (Å²) in [5.41, 5.74) is 1.27. The highest BCUT2D eigenvalue weighted by Crippen LogP contribution is 2.17. The normalized spacial score (nSPS) is 10.2. The molecule has 2 rings (SSSR count). The van der Waals surface area contributed by atoms with Gasteiger partial charge in [0.2, 0.25) is 0 Å². The van der Waals surface area contributed by atoms with Gasteiger partial charge in [-0.15, -0.1) is 0 Å². The van der Waals surface area contributed by atoms with Gasteiger partial charge in [0.05, 0.1) is 0 Å². The molecule has 0 bridgehead atoms. The van der Waals surface area contributed by atoms with E-state index < -0.39 is 6.61 Å². The molecule has 0 radical (unpaired) electrons. The molecule has 4 nitrogen and oxygen atoms in total. The minimum atomic E-state index is -2.82. The molecule has 0 aliphatic carbocycles. The van der Waals surface area contributed by atoms with E-state index >= 15 is 0 Å². The molecule has 0 aliphatic rings. The molecule has 1 heterocycles. The number of hydrogen-bond donors (Lipinski definition) is 0. The lowest BCUT2D eigenvalue weighted by Crippen LogP contribution is -2.17. The van der Waals surface area contributed by atoms with Crippen molar-refractivity contribution in [1.82, 2.24) is 4.98 Å². The zero-order valence-electron chi connectivity index (χ0n) is 11.3. The lowest BCUT2D eigenvalue weighted by Gasteiger charge is -2.18. The predicted molar refractivity (Wildman–Crippen MR) is 74.1 cm³/mol. The summed E-state index contributed by atoms with van der Waals surface area (Å²) in [7, 11) is 1.84. The molecular weight excluding hydrogens is 276 g/mol. The monoisotopic (exact) mass is 289 g/mol. The Balaban J connectivity index is 2.05. The first-order chi connectivity index (χ1) is 10.1. The summed E-state index contributed by atoms with van der Waals surface area (Å²) in [4.78, 5) is 6.05. The van der Waals surface area contributed by atoms with E-state index in [4.69, 9.17) is 5.26 Å². The van der Waals surface area contributed by atoms with Crippen LogP contribution in [0.4, 0.5) is 14.6 Å². The van der Waals surface area contributed by atoms with Crippen LogP contribution in [0.15, 0.2) is 42.5 Å². The van der Waals surface area contributed by atoms with E-state index in [0.717, 1.165) is 5.56 Å². The van der Waals surface area contributed by atoms with Gasteiger partial charge in [0.15, 0.2) is 0 Å². The van der Waals surface area contributed by atoms with Crippen LogP contribution >= 0.6 is 0 Å². The smallest absolute Gasteiger partial charge is 0.387 e. The largest absolute Gasteiger partial charge is 0.435 e. The molecule has 0 N–H and O–H groups in total. The van der Waals surface area contributed by atoms with Crippen molar-refractivity contribution in [2.24, 2.45) is 0 Å². The Morgan fingerprint density at radius 1 is 1.24 bits per heavy atom. The number of halogens is 2. The number of pyridine rings is 1. The maximum Gasteiger partial charge on any atom is 0.387 e. The zero-order chi connectivity index (χ0) is 15.2. The van der Waals surface area contributed by atoms with Gasteiger partial charge in [-0.3, -0.25) is 0 Å². The molecule has 0 saturated heterocycles. The van der Waals surface area contributed by atoms with Gasteiger partial charge < -0.3 is 9.64 Å². The average molecular weight is 289 g/mol. The molecule has 0 spiro atoms. The van der Waals surface area contributed by atoms with Crippen molar-refractivity contribution in [2.75, 3.05) is 11.9 Å². The van der Waals surface area contributed by atoms with Crippen molar-refractivity contribution in [1.29, 1.82) is 5.26 Å². The molecule has 0 fully saturated rings. The first-order valence-electron chi connectivity index (χ1n) is 6.20. The van der Waals surface area contributed by atoms with Crippen molar-refractivity contribution in [3.63, 3.8) is 0 Å². The molecule has 6 heteroatoms. The first-order valence-corrected chi connectivity index (χ1v) is 6.20. The van der Waals surface area contributed by atoms with Crippen LogP contribution in [0.1, 0.15) is 11.3 Å². The van der Waals surface area contributed by atoms with Gasteiger partial charge in [-0.2, -0.15) is 14.0 Å². The van der Waals surface area contributed by atoms with Crippen LogP contribution in [0.2, 0.25) is 0 Å². The van der Waals surface area contributed by atoms with E-state index in [-0.39, 0.29) is 5.75 Å². The minimum Gasteiger partial charge on any atom is -0.435 e. The fourth-order valence-corrected chi connectivity index (χ4v) is 1.83. The highest BCUT2D eigenvalue weighted by Gasteiger charge is 2.07. The maximum atomic E-state index is 12.1. The second-order valence-corrected chi connectivity index (χ2v) is 4.37. The second-order valence-electron chi connectivity index (χ2n) is 4.37. The van der Waals surface area contributed by atoms with Crippen LogP contribution in [0, 0.1) is 11.3 Å². The highest BCUT2D eigenvalue weighted by molar-refractivity contribution is 5.42. The van der Waals surface area contributed by atoms with Gasteiger partial charge in [-0.25, -0.2) is 4.98 Å². The molecule has 0 atom stereocenters. The van der Waals surface area contributed by atoms with Gasteiger partial charge in [-0.05, 0) is 29.8 Å². The maximum absolute atomic E-state index is 12.1. The van der Waals surface area contributed by atoms with Gasteiger partial charge in [0.1, 0.15) is 23.3 Å². The van der Waals surface area contributed by atoms with E-state index in [1.807, 2.05) is 18.0 Å². The van der Waals surface area contributed by atoms with E-state index in [9.17, 15) is 8.78 Å². The number of hydrogen-bond acceptors (Lipinski definition) is 4. The Morgan fingerprint density at radius 2 is 1.95 bits per heavy atom. The standard InChI is InChI=1S/C15H13F2N3O/c1-20(14-4-2-3-12(9-18)19-14)10-11-5-7-13(8-6-11)21-15(16)17/h2-8,15H,10H2,1H3. The van der Waals surface area contributed by atoms with Gasteiger partial charge in [0.25, 0.3) is 0 Å². The third-order valence-corrected chi connectivity index (χ3v) is 2.81. The Morgan fingerprint density at radius 3 is 2.57 bits per heavy atom. The summed E-state index contributed by atoms with van der Waals surface area (Å²) in [6.45, 7) is -2.28. The molecule has 1 aromatic carbocycles. The highest BCUT2D eigenvalue weighted by atomic mass is 19.3. The molecule has 0 amide bonds. The molecule has 0 aliphatic heterocycles. The van der Waals surface area contributed by atoms with Crippen LogP contribution in [-0.2, 0) is 6.54 Å². The Kier molecular flexibility index (Phi) is 4.67. The molecule has 108 valence electrons. The lowest BCUT2D eigenvalue weighted by molar-refractivity contribution is -0.0498. The summed E-state index contributed by atoms with van der Waals surface area (Å²) in [5, 5.41) is 8.83. The fraction of sp³-hybridized carbons (Fsp3) is 0.200. The van der Waals surface area contributed by atoms with Crippen molar-refractivity contribution in [3.05, 3.63) is 53.7 Å². The van der Waals surface area contributed by atoms with E-state index in [2.05, 4.69) is 9.72 Å². The summed E-state index contributed by atoms with van der Waals surface area (Å²) >= 11 is 0. The number of rotatable bonds is 5. The Bertz CT molecular complexity index is 638. The number of ether oxygens (including phenoxy) is 1. The number of anilines is 1. The minimum absolute atomic E-state index is 0.126. The van der Waals surface area contributed by atoms with E-state index in [0.29, 0.717) is 18.1 Å². The van der Waals surface area contributed by atoms with Gasteiger partial charge in [0, 0.05) is 13.6 Å². The van der Waals surface area contributed by atoms with Crippen LogP contribution < -0.4 is 9.64 Å². The van der Waals surface area contributed by atoms with Crippen LogP contribution in [-0.4, -0.2) is 18.6 Å².